The zero-order valence-corrected chi connectivity index (χ0v) is 13.9. The summed E-state index contributed by atoms with van der Waals surface area (Å²) in [7, 11) is -3.63. The second kappa shape index (κ2) is 5.93. The van der Waals surface area contributed by atoms with Gasteiger partial charge in [0.1, 0.15) is 4.90 Å². The molecule has 0 radical (unpaired) electrons. The Labute approximate surface area is 129 Å². The fraction of sp³-hybridized carbons (Fsp3) is 0.167. The van der Waals surface area contributed by atoms with Crippen molar-refractivity contribution in [1.29, 1.82) is 0 Å². The Balaban J connectivity index is 2.28. The predicted molar refractivity (Wildman–Crippen MR) is 82.2 cm³/mol. The van der Waals surface area contributed by atoms with Crippen molar-refractivity contribution in [2.24, 2.45) is 0 Å². The van der Waals surface area contributed by atoms with Crippen LogP contribution < -0.4 is 4.72 Å². The lowest BCUT2D eigenvalue weighted by molar-refractivity contribution is 0.568. The van der Waals surface area contributed by atoms with Gasteiger partial charge in [-0.25, -0.2) is 13.1 Å². The van der Waals surface area contributed by atoms with Crippen LogP contribution in [0.1, 0.15) is 17.8 Å². The Morgan fingerprint density at radius 3 is 2.68 bits per heavy atom. The average Bonchev–Trinajstić information content (AvgIpc) is 2.80. The number of halogens is 2. The lowest BCUT2D eigenvalue weighted by Gasteiger charge is -2.13. The highest BCUT2D eigenvalue weighted by Gasteiger charge is 2.21. The smallest absolute Gasteiger partial charge is 0.207 e. The van der Waals surface area contributed by atoms with Gasteiger partial charge in [0, 0.05) is 9.35 Å². The fourth-order valence-corrected chi connectivity index (χ4v) is 4.65. The fourth-order valence-electron chi connectivity index (χ4n) is 1.59. The van der Waals surface area contributed by atoms with Gasteiger partial charge < -0.3 is 0 Å². The topological polar surface area (TPSA) is 46.2 Å². The molecule has 1 N–H and O–H groups in total. The van der Waals surface area contributed by atoms with Gasteiger partial charge in [-0.2, -0.15) is 0 Å². The normalized spacial score (nSPS) is 13.4. The summed E-state index contributed by atoms with van der Waals surface area (Å²) < 4.78 is 27.9. The van der Waals surface area contributed by atoms with Gasteiger partial charge in [-0.1, -0.05) is 33.6 Å². The van der Waals surface area contributed by atoms with E-state index < -0.39 is 10.0 Å². The first kappa shape index (κ1) is 15.0. The Hall–Kier alpha value is -0.400. The maximum absolute atomic E-state index is 12.3. The molecule has 2 aromatic rings. The van der Waals surface area contributed by atoms with Gasteiger partial charge in [0.05, 0.1) is 11.1 Å². The highest BCUT2D eigenvalue weighted by Crippen LogP contribution is 2.27. The van der Waals surface area contributed by atoms with E-state index in [1.165, 1.54) is 17.4 Å². The molecule has 0 fully saturated rings. The summed E-state index contributed by atoms with van der Waals surface area (Å²) in [6.45, 7) is 1.80. The molecule has 102 valence electrons. The summed E-state index contributed by atoms with van der Waals surface area (Å²) in [4.78, 5) is 1.04. The average molecular weight is 381 g/mol. The molecule has 0 saturated heterocycles. The molecule has 0 aliphatic carbocycles. The van der Waals surface area contributed by atoms with Crippen LogP contribution in [0, 0.1) is 0 Å². The van der Waals surface area contributed by atoms with Crippen molar-refractivity contribution in [3.05, 3.63) is 50.1 Å². The molecule has 0 spiro atoms. The molecule has 19 heavy (non-hydrogen) atoms. The second-order valence-electron chi connectivity index (χ2n) is 3.93. The summed E-state index contributed by atoms with van der Waals surface area (Å²) in [5, 5.41) is 2.10. The molecular weight excluding hydrogens is 370 g/mol. The lowest BCUT2D eigenvalue weighted by atomic mass is 10.3. The molecule has 0 aliphatic rings. The molecule has 0 amide bonds. The first-order chi connectivity index (χ1) is 8.90. The van der Waals surface area contributed by atoms with Crippen molar-refractivity contribution in [2.75, 3.05) is 0 Å². The number of hydrogen-bond donors (Lipinski definition) is 1. The maximum atomic E-state index is 12.3. The third kappa shape index (κ3) is 3.58. The highest BCUT2D eigenvalue weighted by atomic mass is 79.9. The summed E-state index contributed by atoms with van der Waals surface area (Å²) >= 11 is 10.7. The van der Waals surface area contributed by atoms with E-state index in [0.717, 1.165) is 9.35 Å². The number of hydrogen-bond acceptors (Lipinski definition) is 3. The molecule has 0 bridgehead atoms. The molecule has 0 aliphatic heterocycles. The Morgan fingerprint density at radius 1 is 1.37 bits per heavy atom. The summed E-state index contributed by atoms with van der Waals surface area (Å²) in [5.41, 5.74) is 0. The molecular formula is C12H11BrClNO2S2. The van der Waals surface area contributed by atoms with Gasteiger partial charge >= 0.3 is 0 Å². The van der Waals surface area contributed by atoms with E-state index in [9.17, 15) is 8.42 Å². The monoisotopic (exact) mass is 379 g/mol. The first-order valence-electron chi connectivity index (χ1n) is 5.41. The van der Waals surface area contributed by atoms with E-state index >= 15 is 0 Å². The van der Waals surface area contributed by atoms with Crippen molar-refractivity contribution in [3.63, 3.8) is 0 Å². The second-order valence-corrected chi connectivity index (χ2v) is 7.92. The van der Waals surface area contributed by atoms with Crippen molar-refractivity contribution in [1.82, 2.24) is 4.72 Å². The molecule has 7 heteroatoms. The minimum atomic E-state index is -3.63. The van der Waals surface area contributed by atoms with E-state index in [-0.39, 0.29) is 16.0 Å². The van der Waals surface area contributed by atoms with Crippen LogP contribution in [0.15, 0.2) is 45.1 Å². The summed E-state index contributed by atoms with van der Waals surface area (Å²) in [6.07, 6.45) is 0. The van der Waals surface area contributed by atoms with Gasteiger partial charge in [0.15, 0.2) is 0 Å². The molecule has 1 aromatic carbocycles. The van der Waals surface area contributed by atoms with Gasteiger partial charge in [-0.15, -0.1) is 11.3 Å². The third-order valence-corrected chi connectivity index (χ3v) is 6.06. The van der Waals surface area contributed by atoms with Crippen molar-refractivity contribution >= 4 is 48.9 Å². The predicted octanol–water partition coefficient (Wildman–Crippen LogP) is 4.20. The molecule has 1 heterocycles. The minimum absolute atomic E-state index is 0.0840. The zero-order chi connectivity index (χ0) is 14.0. The maximum Gasteiger partial charge on any atom is 0.242 e. The minimum Gasteiger partial charge on any atom is -0.207 e. The zero-order valence-electron chi connectivity index (χ0n) is 9.93. The van der Waals surface area contributed by atoms with Crippen LogP contribution in [0.4, 0.5) is 0 Å². The number of rotatable bonds is 4. The van der Waals surface area contributed by atoms with Crippen LogP contribution in [-0.4, -0.2) is 8.42 Å². The number of benzene rings is 1. The Kier molecular flexibility index (Phi) is 4.68. The molecule has 1 unspecified atom stereocenters. The van der Waals surface area contributed by atoms with Crippen molar-refractivity contribution in [3.8, 4) is 0 Å². The molecule has 1 atom stereocenters. The largest absolute Gasteiger partial charge is 0.242 e. The van der Waals surface area contributed by atoms with Gasteiger partial charge in [0.25, 0.3) is 0 Å². The van der Waals surface area contributed by atoms with Crippen LogP contribution in [0.2, 0.25) is 5.02 Å². The van der Waals surface area contributed by atoms with Gasteiger partial charge in [-0.05, 0) is 36.6 Å². The van der Waals surface area contributed by atoms with E-state index in [0.29, 0.717) is 0 Å². The van der Waals surface area contributed by atoms with Crippen LogP contribution in [-0.2, 0) is 10.0 Å². The number of thiophene rings is 1. The molecule has 1 aromatic heterocycles. The van der Waals surface area contributed by atoms with Gasteiger partial charge in [0.2, 0.25) is 10.0 Å². The van der Waals surface area contributed by atoms with E-state index in [2.05, 4.69) is 20.7 Å². The number of sulfonamides is 1. The van der Waals surface area contributed by atoms with Crippen LogP contribution in [0.25, 0.3) is 0 Å². The Bertz CT molecular complexity index is 671. The lowest BCUT2D eigenvalue weighted by Crippen LogP contribution is -2.26. The third-order valence-electron chi connectivity index (χ3n) is 2.49. The van der Waals surface area contributed by atoms with Crippen LogP contribution in [0.5, 0.6) is 0 Å². The quantitative estimate of drug-likeness (QED) is 0.864. The van der Waals surface area contributed by atoms with E-state index in [4.69, 9.17) is 11.6 Å². The molecule has 2 rings (SSSR count). The molecule has 3 nitrogen and oxygen atoms in total. The summed E-state index contributed by atoms with van der Waals surface area (Å²) in [5.74, 6) is 0. The van der Waals surface area contributed by atoms with Crippen molar-refractivity contribution < 1.29 is 8.42 Å². The Morgan fingerprint density at radius 2 is 2.11 bits per heavy atom. The first-order valence-corrected chi connectivity index (χ1v) is 8.94. The van der Waals surface area contributed by atoms with Crippen LogP contribution >= 0.6 is 38.9 Å². The van der Waals surface area contributed by atoms with E-state index in [1.54, 1.807) is 19.1 Å². The highest BCUT2D eigenvalue weighted by molar-refractivity contribution is 9.10. The van der Waals surface area contributed by atoms with Gasteiger partial charge in [-0.3, -0.25) is 0 Å². The number of nitrogens with one attached hydrogen (secondary N) is 1. The van der Waals surface area contributed by atoms with E-state index in [1.807, 2.05) is 17.5 Å². The standard InChI is InChI=1S/C12H11BrClNO2S2/c1-8(11-3-2-6-18-11)15-19(16,17)12-5-4-9(13)7-10(12)14/h2-8,15H,1H3. The van der Waals surface area contributed by atoms with Crippen molar-refractivity contribution in [2.45, 2.75) is 17.9 Å². The summed E-state index contributed by atoms with van der Waals surface area (Å²) in [6, 6.07) is 8.18. The SMILES string of the molecule is CC(NS(=O)(=O)c1ccc(Br)cc1Cl)c1cccs1. The molecule has 0 saturated carbocycles. The van der Waals surface area contributed by atoms with Crippen LogP contribution in [0.3, 0.4) is 0 Å².